The van der Waals surface area contributed by atoms with Gasteiger partial charge in [0.15, 0.2) is 5.17 Å². The van der Waals surface area contributed by atoms with Crippen LogP contribution < -0.4 is 4.90 Å². The van der Waals surface area contributed by atoms with Gasteiger partial charge in [0.25, 0.3) is 5.91 Å². The minimum Gasteiger partial charge on any atom is -0.368 e. The molecule has 29 heavy (non-hydrogen) atoms. The SMILES string of the molecule is O=C1N=C(N2CCN(c3ccccc3)CC2)S/C1=C/c1cnc2ccccc2c1. The Bertz CT molecular complexity index is 1120. The Kier molecular flexibility index (Phi) is 4.77. The number of amidine groups is 1. The van der Waals surface area contributed by atoms with Gasteiger partial charge >= 0.3 is 0 Å². The molecule has 0 N–H and O–H groups in total. The minimum atomic E-state index is -0.163. The molecule has 1 amide bonds. The lowest BCUT2D eigenvalue weighted by Crippen LogP contribution is -2.47. The molecular weight excluding hydrogens is 380 g/mol. The van der Waals surface area contributed by atoms with Gasteiger partial charge in [-0.25, -0.2) is 0 Å². The zero-order valence-corrected chi connectivity index (χ0v) is 16.7. The summed E-state index contributed by atoms with van der Waals surface area (Å²) in [7, 11) is 0. The number of carbonyl (C=O) groups is 1. The number of hydrogen-bond donors (Lipinski definition) is 0. The summed E-state index contributed by atoms with van der Waals surface area (Å²) in [6.45, 7) is 3.56. The molecular formula is C23H20N4OS. The van der Waals surface area contributed by atoms with E-state index in [0.717, 1.165) is 47.8 Å². The van der Waals surface area contributed by atoms with Crippen LogP contribution in [0.25, 0.3) is 17.0 Å². The van der Waals surface area contributed by atoms with Gasteiger partial charge in [-0.3, -0.25) is 9.78 Å². The van der Waals surface area contributed by atoms with Crippen molar-refractivity contribution >= 4 is 45.5 Å². The fourth-order valence-corrected chi connectivity index (χ4v) is 4.61. The van der Waals surface area contributed by atoms with Crippen LogP contribution in [0.5, 0.6) is 0 Å². The number of piperazine rings is 1. The number of carbonyl (C=O) groups excluding carboxylic acids is 1. The summed E-state index contributed by atoms with van der Waals surface area (Å²) in [6.07, 6.45) is 3.70. The number of para-hydroxylation sites is 2. The van der Waals surface area contributed by atoms with Gasteiger partial charge in [-0.2, -0.15) is 4.99 Å². The Morgan fingerprint density at radius 1 is 0.897 bits per heavy atom. The molecule has 2 aliphatic heterocycles. The lowest BCUT2D eigenvalue weighted by molar-refractivity contribution is -0.113. The van der Waals surface area contributed by atoms with E-state index in [4.69, 9.17) is 0 Å². The van der Waals surface area contributed by atoms with Crippen LogP contribution in [-0.2, 0) is 4.79 Å². The highest BCUT2D eigenvalue weighted by atomic mass is 32.2. The third kappa shape index (κ3) is 3.76. The largest absolute Gasteiger partial charge is 0.368 e. The van der Waals surface area contributed by atoms with Gasteiger partial charge in [-0.1, -0.05) is 36.4 Å². The van der Waals surface area contributed by atoms with E-state index in [0.29, 0.717) is 4.91 Å². The fourth-order valence-electron chi connectivity index (χ4n) is 3.65. The molecule has 5 rings (SSSR count). The van der Waals surface area contributed by atoms with Crippen LogP contribution in [-0.4, -0.2) is 47.1 Å². The Morgan fingerprint density at radius 3 is 2.45 bits per heavy atom. The van der Waals surface area contributed by atoms with E-state index in [-0.39, 0.29) is 5.91 Å². The molecule has 2 aliphatic rings. The Labute approximate surface area is 173 Å². The summed E-state index contributed by atoms with van der Waals surface area (Å²) in [5, 5.41) is 1.87. The van der Waals surface area contributed by atoms with Crippen molar-refractivity contribution in [3.63, 3.8) is 0 Å². The topological polar surface area (TPSA) is 48.8 Å². The summed E-state index contributed by atoms with van der Waals surface area (Å²) in [5.74, 6) is -0.163. The predicted octanol–water partition coefficient (Wildman–Crippen LogP) is 4.03. The van der Waals surface area contributed by atoms with Crippen molar-refractivity contribution in [3.05, 3.63) is 77.3 Å². The van der Waals surface area contributed by atoms with Gasteiger partial charge in [0.1, 0.15) is 0 Å². The number of benzene rings is 2. The minimum absolute atomic E-state index is 0.163. The molecule has 6 heteroatoms. The van der Waals surface area contributed by atoms with Crippen molar-refractivity contribution in [1.82, 2.24) is 9.88 Å². The summed E-state index contributed by atoms with van der Waals surface area (Å²) in [4.78, 5) is 26.5. The Balaban J connectivity index is 1.27. The average molecular weight is 401 g/mol. The molecule has 1 aromatic heterocycles. The van der Waals surface area contributed by atoms with Crippen molar-refractivity contribution in [2.75, 3.05) is 31.1 Å². The van der Waals surface area contributed by atoms with Crippen LogP contribution in [0.3, 0.4) is 0 Å². The number of amides is 1. The van der Waals surface area contributed by atoms with Crippen LogP contribution in [0.1, 0.15) is 5.56 Å². The van der Waals surface area contributed by atoms with Gasteiger partial charge in [-0.15, -0.1) is 0 Å². The molecule has 0 bridgehead atoms. The fraction of sp³-hybridized carbons (Fsp3) is 0.174. The van der Waals surface area contributed by atoms with Crippen LogP contribution in [0.4, 0.5) is 5.69 Å². The first-order valence-corrected chi connectivity index (χ1v) is 10.5. The second-order valence-electron chi connectivity index (χ2n) is 7.08. The van der Waals surface area contributed by atoms with E-state index >= 15 is 0 Å². The van der Waals surface area contributed by atoms with Crippen molar-refractivity contribution in [1.29, 1.82) is 0 Å². The van der Waals surface area contributed by atoms with Crippen LogP contribution >= 0.6 is 11.8 Å². The summed E-state index contributed by atoms with van der Waals surface area (Å²) < 4.78 is 0. The Hall–Kier alpha value is -3.12. The number of fused-ring (bicyclic) bond motifs is 1. The zero-order chi connectivity index (χ0) is 19.6. The molecule has 2 aromatic carbocycles. The maximum atomic E-state index is 12.4. The van der Waals surface area contributed by atoms with E-state index in [1.54, 1.807) is 6.20 Å². The number of aromatic nitrogens is 1. The smallest absolute Gasteiger partial charge is 0.286 e. The first kappa shape index (κ1) is 17.9. The van der Waals surface area contributed by atoms with Gasteiger partial charge < -0.3 is 9.80 Å². The number of thioether (sulfide) groups is 1. The maximum Gasteiger partial charge on any atom is 0.286 e. The van der Waals surface area contributed by atoms with Crippen LogP contribution in [0.2, 0.25) is 0 Å². The highest BCUT2D eigenvalue weighted by Crippen LogP contribution is 2.31. The molecule has 1 fully saturated rings. The molecule has 3 heterocycles. The van der Waals surface area contributed by atoms with E-state index in [9.17, 15) is 4.79 Å². The molecule has 0 aliphatic carbocycles. The number of hydrogen-bond acceptors (Lipinski definition) is 5. The van der Waals surface area contributed by atoms with Gasteiger partial charge in [0.2, 0.25) is 0 Å². The maximum absolute atomic E-state index is 12.4. The Morgan fingerprint density at radius 2 is 1.62 bits per heavy atom. The molecule has 0 unspecified atom stereocenters. The predicted molar refractivity (Wildman–Crippen MR) is 120 cm³/mol. The van der Waals surface area contributed by atoms with E-state index in [1.165, 1.54) is 17.4 Å². The van der Waals surface area contributed by atoms with Gasteiger partial charge in [-0.05, 0) is 47.7 Å². The number of rotatable bonds is 2. The molecule has 0 atom stereocenters. The lowest BCUT2D eigenvalue weighted by atomic mass is 10.1. The van der Waals surface area contributed by atoms with Crippen molar-refractivity contribution in [2.24, 2.45) is 4.99 Å². The molecule has 5 nitrogen and oxygen atoms in total. The van der Waals surface area contributed by atoms with Crippen molar-refractivity contribution in [2.45, 2.75) is 0 Å². The van der Waals surface area contributed by atoms with Crippen LogP contribution in [0.15, 0.2) is 76.8 Å². The summed E-state index contributed by atoms with van der Waals surface area (Å²) in [6, 6.07) is 20.5. The molecule has 0 radical (unpaired) electrons. The monoisotopic (exact) mass is 400 g/mol. The second-order valence-corrected chi connectivity index (χ2v) is 8.09. The normalized spacial score (nSPS) is 18.6. The van der Waals surface area contributed by atoms with E-state index in [2.05, 4.69) is 50.1 Å². The van der Waals surface area contributed by atoms with Crippen molar-refractivity contribution < 1.29 is 4.79 Å². The molecule has 0 saturated carbocycles. The third-order valence-corrected chi connectivity index (χ3v) is 6.23. The highest BCUT2D eigenvalue weighted by molar-refractivity contribution is 8.18. The number of aliphatic imine (C=N–C) groups is 1. The zero-order valence-electron chi connectivity index (χ0n) is 15.9. The standard InChI is InChI=1S/C23H20N4OS/c28-22-21(15-17-14-18-6-4-5-9-20(18)24-16-17)29-23(25-22)27-12-10-26(11-13-27)19-7-2-1-3-8-19/h1-9,14-16H,10-13H2/b21-15+. The number of pyridine rings is 1. The quantitative estimate of drug-likeness (QED) is 0.608. The molecule has 3 aromatic rings. The number of anilines is 1. The third-order valence-electron chi connectivity index (χ3n) is 5.19. The van der Waals surface area contributed by atoms with Gasteiger partial charge in [0, 0.05) is 43.4 Å². The molecule has 0 spiro atoms. The van der Waals surface area contributed by atoms with E-state index in [1.807, 2.05) is 36.4 Å². The average Bonchev–Trinajstić information content (AvgIpc) is 3.14. The summed E-state index contributed by atoms with van der Waals surface area (Å²) >= 11 is 1.46. The highest BCUT2D eigenvalue weighted by Gasteiger charge is 2.28. The second kappa shape index (κ2) is 7.72. The summed E-state index contributed by atoms with van der Waals surface area (Å²) in [5.41, 5.74) is 3.12. The number of nitrogens with zero attached hydrogens (tertiary/aromatic N) is 4. The lowest BCUT2D eigenvalue weighted by Gasteiger charge is -2.36. The first-order chi connectivity index (χ1) is 14.3. The van der Waals surface area contributed by atoms with E-state index < -0.39 is 0 Å². The molecule has 144 valence electrons. The molecule has 1 saturated heterocycles. The van der Waals surface area contributed by atoms with Crippen molar-refractivity contribution in [3.8, 4) is 0 Å². The van der Waals surface area contributed by atoms with Crippen LogP contribution in [0, 0.1) is 0 Å². The van der Waals surface area contributed by atoms with Gasteiger partial charge in [0.05, 0.1) is 10.4 Å². The first-order valence-electron chi connectivity index (χ1n) is 9.68.